The van der Waals surface area contributed by atoms with Crippen LogP contribution in [-0.4, -0.2) is 23.7 Å². The highest BCUT2D eigenvalue weighted by molar-refractivity contribution is 5.80. The maximum Gasteiger partial charge on any atom is 0.269 e. The molecule has 0 saturated heterocycles. The zero-order valence-corrected chi connectivity index (χ0v) is 12.0. The predicted molar refractivity (Wildman–Crippen MR) is 85.4 cm³/mol. The van der Waals surface area contributed by atoms with Crippen molar-refractivity contribution in [3.63, 3.8) is 0 Å². The smallest absolute Gasteiger partial charge is 0.269 e. The van der Waals surface area contributed by atoms with E-state index < -0.39 is 10.8 Å². The van der Waals surface area contributed by atoms with Crippen LogP contribution in [0, 0.1) is 10.1 Å². The van der Waals surface area contributed by atoms with Gasteiger partial charge in [0.1, 0.15) is 5.75 Å². The molecule has 118 valence electrons. The third-order valence-corrected chi connectivity index (χ3v) is 2.75. The van der Waals surface area contributed by atoms with E-state index in [2.05, 4.69) is 10.5 Å². The van der Waals surface area contributed by atoms with E-state index in [9.17, 15) is 14.9 Å². The van der Waals surface area contributed by atoms with Crippen LogP contribution in [0.2, 0.25) is 0 Å². The van der Waals surface area contributed by atoms with Crippen LogP contribution in [0.1, 0.15) is 5.56 Å². The SMILES string of the molecule is NC(=O)COc1ccc(/C=N\Nc2ccc([N+](=O)[O-])cc2)cc1. The molecule has 0 saturated carbocycles. The Hall–Kier alpha value is -3.42. The maximum atomic E-state index is 10.6. The van der Waals surface area contributed by atoms with Crippen molar-refractivity contribution in [1.82, 2.24) is 0 Å². The molecule has 0 unspecified atom stereocenters. The first-order chi connectivity index (χ1) is 11.0. The molecular weight excluding hydrogens is 300 g/mol. The van der Waals surface area contributed by atoms with Gasteiger partial charge in [-0.2, -0.15) is 5.10 Å². The Morgan fingerprint density at radius 1 is 1.22 bits per heavy atom. The molecule has 2 aromatic rings. The molecule has 2 rings (SSSR count). The first kappa shape index (κ1) is 16.0. The van der Waals surface area contributed by atoms with Crippen LogP contribution in [0.15, 0.2) is 53.6 Å². The number of hydrogen-bond donors (Lipinski definition) is 2. The van der Waals surface area contributed by atoms with Gasteiger partial charge in [-0.1, -0.05) is 0 Å². The van der Waals surface area contributed by atoms with Crippen LogP contribution in [0.3, 0.4) is 0 Å². The molecule has 0 aliphatic heterocycles. The number of nitrogens with zero attached hydrogens (tertiary/aromatic N) is 2. The summed E-state index contributed by atoms with van der Waals surface area (Å²) < 4.78 is 5.14. The van der Waals surface area contributed by atoms with E-state index in [-0.39, 0.29) is 12.3 Å². The van der Waals surface area contributed by atoms with Crippen LogP contribution in [0.25, 0.3) is 0 Å². The van der Waals surface area contributed by atoms with Crippen molar-refractivity contribution in [1.29, 1.82) is 0 Å². The lowest BCUT2D eigenvalue weighted by molar-refractivity contribution is -0.384. The van der Waals surface area contributed by atoms with E-state index >= 15 is 0 Å². The second kappa shape index (κ2) is 7.55. The molecule has 0 bridgehead atoms. The van der Waals surface area contributed by atoms with Gasteiger partial charge in [-0.3, -0.25) is 20.3 Å². The lowest BCUT2D eigenvalue weighted by Gasteiger charge is -2.03. The van der Waals surface area contributed by atoms with Crippen molar-refractivity contribution in [2.45, 2.75) is 0 Å². The minimum absolute atomic E-state index is 0.0195. The topological polar surface area (TPSA) is 120 Å². The van der Waals surface area contributed by atoms with E-state index in [1.807, 2.05) is 0 Å². The summed E-state index contributed by atoms with van der Waals surface area (Å²) in [6, 6.07) is 12.8. The summed E-state index contributed by atoms with van der Waals surface area (Å²) in [5.74, 6) is -0.00721. The Kier molecular flexibility index (Phi) is 5.24. The van der Waals surface area contributed by atoms with Crippen LogP contribution >= 0.6 is 0 Å². The highest BCUT2D eigenvalue weighted by Gasteiger charge is 2.02. The van der Waals surface area contributed by atoms with E-state index in [1.54, 1.807) is 42.6 Å². The number of nitro groups is 1. The molecule has 2 aromatic carbocycles. The molecule has 0 atom stereocenters. The summed E-state index contributed by atoms with van der Waals surface area (Å²) in [5, 5.41) is 14.6. The molecule has 0 aliphatic rings. The number of primary amides is 1. The number of anilines is 1. The van der Waals surface area contributed by atoms with Crippen molar-refractivity contribution in [3.05, 3.63) is 64.2 Å². The van der Waals surface area contributed by atoms with E-state index in [4.69, 9.17) is 10.5 Å². The molecule has 0 aromatic heterocycles. The van der Waals surface area contributed by atoms with Gasteiger partial charge in [-0.25, -0.2) is 0 Å². The Balaban J connectivity index is 1.90. The molecule has 0 heterocycles. The Morgan fingerprint density at radius 3 is 2.43 bits per heavy atom. The summed E-state index contributed by atoms with van der Waals surface area (Å²) in [7, 11) is 0. The molecule has 3 N–H and O–H groups in total. The standard InChI is InChI=1S/C15H14N4O4/c16-15(20)10-23-14-7-1-11(2-8-14)9-17-18-12-3-5-13(6-4-12)19(21)22/h1-9,18H,10H2,(H2,16,20)/b17-9-. The monoisotopic (exact) mass is 314 g/mol. The normalized spacial score (nSPS) is 10.4. The zero-order valence-electron chi connectivity index (χ0n) is 12.0. The number of ether oxygens (including phenoxy) is 1. The maximum absolute atomic E-state index is 10.6. The van der Waals surface area contributed by atoms with Crippen LogP contribution in [0.4, 0.5) is 11.4 Å². The van der Waals surface area contributed by atoms with Gasteiger partial charge in [0.25, 0.3) is 11.6 Å². The van der Waals surface area contributed by atoms with Gasteiger partial charge in [0.05, 0.1) is 16.8 Å². The van der Waals surface area contributed by atoms with Crippen molar-refractivity contribution in [2.75, 3.05) is 12.0 Å². The third kappa shape index (κ3) is 5.12. The van der Waals surface area contributed by atoms with Crippen LogP contribution in [-0.2, 0) is 4.79 Å². The average molecular weight is 314 g/mol. The number of non-ortho nitro benzene ring substituents is 1. The summed E-state index contributed by atoms with van der Waals surface area (Å²) >= 11 is 0. The Labute approximate surface area is 131 Å². The van der Waals surface area contributed by atoms with Gasteiger partial charge in [0.2, 0.25) is 0 Å². The predicted octanol–water partition coefficient (Wildman–Crippen LogP) is 1.90. The summed E-state index contributed by atoms with van der Waals surface area (Å²) in [4.78, 5) is 20.7. The van der Waals surface area contributed by atoms with Gasteiger partial charge in [-0.05, 0) is 42.0 Å². The minimum Gasteiger partial charge on any atom is -0.484 e. The first-order valence-corrected chi connectivity index (χ1v) is 6.59. The molecule has 0 aliphatic carbocycles. The van der Waals surface area contributed by atoms with Crippen molar-refractivity contribution < 1.29 is 14.5 Å². The zero-order chi connectivity index (χ0) is 16.7. The Morgan fingerprint density at radius 2 is 1.87 bits per heavy atom. The number of rotatable bonds is 7. The first-order valence-electron chi connectivity index (χ1n) is 6.59. The van der Waals surface area contributed by atoms with Crippen molar-refractivity contribution in [3.8, 4) is 5.75 Å². The van der Waals surface area contributed by atoms with E-state index in [0.29, 0.717) is 11.4 Å². The molecule has 0 radical (unpaired) electrons. The highest BCUT2D eigenvalue weighted by Crippen LogP contribution is 2.15. The van der Waals surface area contributed by atoms with Crippen LogP contribution in [0.5, 0.6) is 5.75 Å². The van der Waals surface area contributed by atoms with E-state index in [0.717, 1.165) is 5.56 Å². The number of carbonyl (C=O) groups excluding carboxylic acids is 1. The van der Waals surface area contributed by atoms with Gasteiger partial charge in [-0.15, -0.1) is 0 Å². The molecule has 8 nitrogen and oxygen atoms in total. The average Bonchev–Trinajstić information content (AvgIpc) is 2.54. The van der Waals surface area contributed by atoms with Gasteiger partial charge < -0.3 is 10.5 Å². The number of benzene rings is 2. The molecule has 8 heteroatoms. The number of carbonyl (C=O) groups is 1. The highest BCUT2D eigenvalue weighted by atomic mass is 16.6. The van der Waals surface area contributed by atoms with Crippen LogP contribution < -0.4 is 15.9 Å². The molecule has 23 heavy (non-hydrogen) atoms. The number of nitrogens with one attached hydrogen (secondary N) is 1. The third-order valence-electron chi connectivity index (χ3n) is 2.75. The lowest BCUT2D eigenvalue weighted by Crippen LogP contribution is -2.19. The summed E-state index contributed by atoms with van der Waals surface area (Å²) in [6.07, 6.45) is 1.58. The van der Waals surface area contributed by atoms with Crippen molar-refractivity contribution in [2.24, 2.45) is 10.8 Å². The number of amides is 1. The van der Waals surface area contributed by atoms with E-state index in [1.165, 1.54) is 12.1 Å². The summed E-state index contributed by atoms with van der Waals surface area (Å²) in [6.45, 7) is -0.171. The second-order valence-electron chi connectivity index (χ2n) is 4.50. The Bertz CT molecular complexity index is 711. The lowest BCUT2D eigenvalue weighted by atomic mass is 10.2. The van der Waals surface area contributed by atoms with Gasteiger partial charge >= 0.3 is 0 Å². The number of nitrogens with two attached hydrogens (primary N) is 1. The number of hydrazone groups is 1. The second-order valence-corrected chi connectivity index (χ2v) is 4.50. The minimum atomic E-state index is -0.539. The molecule has 1 amide bonds. The quantitative estimate of drug-likeness (QED) is 0.459. The van der Waals surface area contributed by atoms with Crippen molar-refractivity contribution >= 4 is 23.5 Å². The molecule has 0 spiro atoms. The number of nitro benzene ring substituents is 1. The summed E-state index contributed by atoms with van der Waals surface area (Å²) in [5.41, 5.74) is 9.22. The fraction of sp³-hybridized carbons (Fsp3) is 0.0667. The van der Waals surface area contributed by atoms with Gasteiger partial charge in [0.15, 0.2) is 6.61 Å². The molecular formula is C15H14N4O4. The largest absolute Gasteiger partial charge is 0.484 e. The number of hydrogen-bond acceptors (Lipinski definition) is 6. The fourth-order valence-corrected chi connectivity index (χ4v) is 1.64. The fourth-order valence-electron chi connectivity index (χ4n) is 1.64. The molecule has 0 fully saturated rings. The van der Waals surface area contributed by atoms with Gasteiger partial charge in [0, 0.05) is 12.1 Å².